The number of nitrogens with zero attached hydrogens (tertiary/aromatic N) is 1. The Kier molecular flexibility index (Phi) is 7.98. The first kappa shape index (κ1) is 16.5. The summed E-state index contributed by atoms with van der Waals surface area (Å²) in [7, 11) is 2.58. The van der Waals surface area contributed by atoms with Crippen LogP contribution in [0.5, 0.6) is 0 Å². The minimum Gasteiger partial charge on any atom is -0.405 e. The average molecular weight is 264 g/mol. The average Bonchev–Trinajstić information content (AvgIpc) is 2.14. The number of rotatable bonds is 8. The first-order valence-electron chi connectivity index (χ1n) is 6.25. The van der Waals surface area contributed by atoms with E-state index in [1.165, 1.54) is 18.9 Å². The summed E-state index contributed by atoms with van der Waals surface area (Å²) in [6.07, 6.45) is 2.43. The zero-order valence-corrected chi connectivity index (χ0v) is 13.7. The van der Waals surface area contributed by atoms with Crippen molar-refractivity contribution in [1.82, 2.24) is 4.90 Å². The minimum atomic E-state index is -1.51. The third-order valence-electron chi connectivity index (χ3n) is 2.77. The normalized spacial score (nSPS) is 16.5. The van der Waals surface area contributed by atoms with E-state index < -0.39 is 8.32 Å². The van der Waals surface area contributed by atoms with Crippen LogP contribution in [0.15, 0.2) is 0 Å². The van der Waals surface area contributed by atoms with Crippen LogP contribution in [0.2, 0.25) is 19.1 Å². The molecule has 0 aliphatic carbocycles. The van der Waals surface area contributed by atoms with Gasteiger partial charge in [0.2, 0.25) is 0 Å². The first-order valence-corrected chi connectivity index (χ1v) is 9.88. The van der Waals surface area contributed by atoms with Crippen molar-refractivity contribution in [2.45, 2.75) is 51.1 Å². The van der Waals surface area contributed by atoms with E-state index in [9.17, 15) is 0 Å². The zero-order chi connectivity index (χ0) is 12.8. The predicted molar refractivity (Wildman–Crippen MR) is 78.8 cm³/mol. The summed E-state index contributed by atoms with van der Waals surface area (Å²) in [6, 6.07) is 1.20. The largest absolute Gasteiger partial charge is 0.405 e. The topological polar surface area (TPSA) is 12.5 Å². The van der Waals surface area contributed by atoms with Crippen molar-refractivity contribution in [2.24, 2.45) is 5.92 Å². The second-order valence-corrected chi connectivity index (χ2v) is 10.5. The van der Waals surface area contributed by atoms with Gasteiger partial charge in [0, 0.05) is 5.25 Å². The van der Waals surface area contributed by atoms with Gasteiger partial charge < -0.3 is 4.43 Å². The van der Waals surface area contributed by atoms with Gasteiger partial charge in [-0.15, -0.1) is 0 Å². The third-order valence-corrected chi connectivity index (χ3v) is 6.07. The Morgan fingerprint density at radius 1 is 1.31 bits per heavy atom. The summed E-state index contributed by atoms with van der Waals surface area (Å²) in [4.78, 5) is 2.09. The fraction of sp³-hybridized carbons (Fsp3) is 1.00. The van der Waals surface area contributed by atoms with E-state index in [0.29, 0.717) is 11.2 Å². The van der Waals surface area contributed by atoms with Gasteiger partial charge in [0.05, 0.1) is 6.73 Å². The third kappa shape index (κ3) is 7.71. The van der Waals surface area contributed by atoms with Crippen molar-refractivity contribution in [3.63, 3.8) is 0 Å². The molecule has 4 heteroatoms. The van der Waals surface area contributed by atoms with Gasteiger partial charge in [-0.3, -0.25) is 4.90 Å². The van der Waals surface area contributed by atoms with Gasteiger partial charge >= 0.3 is 0 Å². The van der Waals surface area contributed by atoms with Crippen LogP contribution in [0.1, 0.15) is 26.7 Å². The molecule has 2 unspecified atom stereocenters. The molecule has 0 saturated carbocycles. The lowest BCUT2D eigenvalue weighted by molar-refractivity contribution is 0.169. The molecule has 16 heavy (non-hydrogen) atoms. The molecule has 0 aromatic rings. The maximum absolute atomic E-state index is 6.02. The Morgan fingerprint density at radius 2 is 1.88 bits per heavy atom. The molecule has 98 valence electrons. The molecule has 0 saturated heterocycles. The van der Waals surface area contributed by atoms with Crippen LogP contribution in [0.4, 0.5) is 0 Å². The number of hydrogen-bond acceptors (Lipinski definition) is 3. The summed E-state index contributed by atoms with van der Waals surface area (Å²) >= 11 is 4.68. The van der Waals surface area contributed by atoms with E-state index >= 15 is 0 Å². The van der Waals surface area contributed by atoms with Crippen molar-refractivity contribution in [3.05, 3.63) is 0 Å². The summed E-state index contributed by atoms with van der Waals surface area (Å²) in [5.41, 5.74) is 0. The summed E-state index contributed by atoms with van der Waals surface area (Å²) in [5.74, 6) is 0.659. The molecular weight excluding hydrogens is 234 g/mol. The molecule has 0 N–H and O–H groups in total. The Balaban J connectivity index is 4.03. The first-order chi connectivity index (χ1) is 7.28. The molecule has 2 nitrogen and oxygen atoms in total. The molecule has 0 aromatic heterocycles. The van der Waals surface area contributed by atoms with Crippen molar-refractivity contribution >= 4 is 20.9 Å². The Labute approximate surface area is 108 Å². The molecule has 0 aromatic carbocycles. The highest BCUT2D eigenvalue weighted by Gasteiger charge is 2.27. The van der Waals surface area contributed by atoms with Crippen molar-refractivity contribution < 1.29 is 4.43 Å². The molecule has 0 bridgehead atoms. The monoisotopic (exact) mass is 263 g/mol. The predicted octanol–water partition coefficient (Wildman–Crippen LogP) is 3.46. The lowest BCUT2D eigenvalue weighted by Crippen LogP contribution is -2.37. The lowest BCUT2D eigenvalue weighted by Gasteiger charge is -2.30. The van der Waals surface area contributed by atoms with Crippen LogP contribution in [0.25, 0.3) is 0 Å². The minimum absolute atomic E-state index is 0.528. The van der Waals surface area contributed by atoms with Crippen LogP contribution >= 0.6 is 12.6 Å². The summed E-state index contributed by atoms with van der Waals surface area (Å²) in [5, 5.41) is 0.528. The molecule has 2 atom stereocenters. The van der Waals surface area contributed by atoms with Gasteiger partial charge in [-0.05, 0) is 45.6 Å². The molecule has 0 aliphatic rings. The van der Waals surface area contributed by atoms with Crippen molar-refractivity contribution in [1.29, 1.82) is 0 Å². The van der Waals surface area contributed by atoms with Gasteiger partial charge in [-0.2, -0.15) is 12.6 Å². The molecule has 0 heterocycles. The molecule has 0 fully saturated rings. The van der Waals surface area contributed by atoms with Gasteiger partial charge in [-0.1, -0.05) is 20.3 Å². The lowest BCUT2D eigenvalue weighted by atomic mass is 10.1. The second-order valence-electron chi connectivity index (χ2n) is 5.65. The van der Waals surface area contributed by atoms with E-state index in [1.807, 2.05) is 14.1 Å². The highest BCUT2D eigenvalue weighted by molar-refractivity contribution is 7.81. The SMILES string of the molecule is CCCC(S)C(C)C[Si](C)(C)OCN(C)C. The van der Waals surface area contributed by atoms with Gasteiger partial charge in [0.15, 0.2) is 8.32 Å². The van der Waals surface area contributed by atoms with E-state index in [-0.39, 0.29) is 0 Å². The van der Waals surface area contributed by atoms with Crippen LogP contribution < -0.4 is 0 Å². The van der Waals surface area contributed by atoms with Crippen LogP contribution in [0, 0.1) is 5.92 Å². The fourth-order valence-corrected chi connectivity index (χ4v) is 4.98. The standard InChI is InChI=1S/C12H29NOSSi/c1-7-8-12(15)11(2)9-16(5,6)14-10-13(3)4/h11-12,15H,7-10H2,1-6H3. The maximum atomic E-state index is 6.02. The van der Waals surface area contributed by atoms with Crippen molar-refractivity contribution in [2.75, 3.05) is 20.8 Å². The van der Waals surface area contributed by atoms with Gasteiger partial charge in [0.25, 0.3) is 0 Å². The van der Waals surface area contributed by atoms with Crippen molar-refractivity contribution in [3.8, 4) is 0 Å². The van der Waals surface area contributed by atoms with Gasteiger partial charge in [0.1, 0.15) is 0 Å². The zero-order valence-electron chi connectivity index (χ0n) is 11.8. The van der Waals surface area contributed by atoms with Gasteiger partial charge in [-0.25, -0.2) is 0 Å². The highest BCUT2D eigenvalue weighted by atomic mass is 32.1. The molecule has 0 spiro atoms. The van der Waals surface area contributed by atoms with Crippen LogP contribution in [0.3, 0.4) is 0 Å². The Bertz CT molecular complexity index is 188. The highest BCUT2D eigenvalue weighted by Crippen LogP contribution is 2.25. The van der Waals surface area contributed by atoms with E-state index in [4.69, 9.17) is 4.43 Å². The number of thiol groups is 1. The molecule has 0 aliphatic heterocycles. The Hall–Kier alpha value is 0.487. The second kappa shape index (κ2) is 7.74. The van der Waals surface area contributed by atoms with Crippen LogP contribution in [-0.4, -0.2) is 39.3 Å². The number of hydrogen-bond donors (Lipinski definition) is 1. The summed E-state index contributed by atoms with van der Waals surface area (Å²) in [6.45, 7) is 9.89. The summed E-state index contributed by atoms with van der Waals surface area (Å²) < 4.78 is 6.02. The van der Waals surface area contributed by atoms with Crippen LogP contribution in [-0.2, 0) is 4.43 Å². The molecule has 0 radical (unpaired) electrons. The van der Waals surface area contributed by atoms with E-state index in [2.05, 4.69) is 44.5 Å². The molecular formula is C12H29NOSSi. The van der Waals surface area contributed by atoms with E-state index in [0.717, 1.165) is 6.73 Å². The quantitative estimate of drug-likeness (QED) is 0.409. The fourth-order valence-electron chi connectivity index (χ4n) is 1.85. The maximum Gasteiger partial charge on any atom is 0.188 e. The molecule has 0 rings (SSSR count). The molecule has 0 amide bonds. The smallest absolute Gasteiger partial charge is 0.188 e. The van der Waals surface area contributed by atoms with E-state index in [1.54, 1.807) is 0 Å². The Morgan fingerprint density at radius 3 is 2.31 bits per heavy atom.